The van der Waals surface area contributed by atoms with Gasteiger partial charge in [0.2, 0.25) is 5.89 Å². The minimum atomic E-state index is 0. The molecule has 1 aliphatic carbocycles. The van der Waals surface area contributed by atoms with Crippen molar-refractivity contribution >= 4 is 41.3 Å². The van der Waals surface area contributed by atoms with Crippen LogP contribution in [0.15, 0.2) is 33.2 Å². The van der Waals surface area contributed by atoms with Crippen LogP contribution >= 0.6 is 35.3 Å². The summed E-state index contributed by atoms with van der Waals surface area (Å²) in [5.41, 5.74) is 1.16. The van der Waals surface area contributed by atoms with Crippen molar-refractivity contribution < 1.29 is 9.15 Å². The van der Waals surface area contributed by atoms with E-state index in [9.17, 15) is 0 Å². The van der Waals surface area contributed by atoms with Gasteiger partial charge in [0.15, 0.2) is 5.96 Å². The summed E-state index contributed by atoms with van der Waals surface area (Å²) in [4.78, 5) is 10.3. The Morgan fingerprint density at radius 3 is 2.86 bits per heavy atom. The smallest absolute Gasteiger partial charge is 0.236 e. The number of aliphatic imine (C=N–C) groups is 1. The van der Waals surface area contributed by atoms with Crippen LogP contribution in [0.1, 0.15) is 44.7 Å². The Morgan fingerprint density at radius 2 is 2.18 bits per heavy atom. The molecule has 8 heteroatoms. The van der Waals surface area contributed by atoms with Crippen molar-refractivity contribution in [2.45, 2.75) is 45.6 Å². The Morgan fingerprint density at radius 1 is 1.36 bits per heavy atom. The van der Waals surface area contributed by atoms with Gasteiger partial charge in [0, 0.05) is 26.8 Å². The summed E-state index contributed by atoms with van der Waals surface area (Å²) in [6.07, 6.45) is 7.93. The maximum absolute atomic E-state index is 5.58. The SMILES string of the molecule is CCNC(=NCc1coc(-c2cccs2)n1)NCC1(CCOC)CCCC1.I. The molecule has 1 aliphatic rings. The summed E-state index contributed by atoms with van der Waals surface area (Å²) in [6, 6.07) is 4.01. The highest BCUT2D eigenvalue weighted by molar-refractivity contribution is 14.0. The fraction of sp³-hybridized carbons (Fsp3) is 0.600. The molecule has 0 amide bonds. The van der Waals surface area contributed by atoms with Gasteiger partial charge >= 0.3 is 0 Å². The molecule has 2 aromatic heterocycles. The lowest BCUT2D eigenvalue weighted by atomic mass is 9.83. The van der Waals surface area contributed by atoms with Crippen LogP contribution in [0.5, 0.6) is 0 Å². The fourth-order valence-electron chi connectivity index (χ4n) is 3.62. The molecular formula is C20H31IN4O2S. The quantitative estimate of drug-likeness (QED) is 0.287. The molecule has 0 spiro atoms. The van der Waals surface area contributed by atoms with Gasteiger partial charge in [-0.2, -0.15) is 0 Å². The first-order chi connectivity index (χ1) is 13.2. The van der Waals surface area contributed by atoms with Crippen molar-refractivity contribution in [2.24, 2.45) is 10.4 Å². The maximum atomic E-state index is 5.58. The zero-order chi connectivity index (χ0) is 19.0. The molecule has 0 bridgehead atoms. The second-order valence-corrected chi connectivity index (χ2v) is 8.07. The van der Waals surface area contributed by atoms with Crippen LogP contribution in [-0.2, 0) is 11.3 Å². The molecule has 3 rings (SSSR count). The Labute approximate surface area is 188 Å². The van der Waals surface area contributed by atoms with Gasteiger partial charge in [-0.1, -0.05) is 18.9 Å². The van der Waals surface area contributed by atoms with Gasteiger partial charge in [0.05, 0.1) is 11.4 Å². The van der Waals surface area contributed by atoms with Crippen molar-refractivity contribution in [3.8, 4) is 10.8 Å². The van der Waals surface area contributed by atoms with Crippen molar-refractivity contribution in [1.29, 1.82) is 0 Å². The highest BCUT2D eigenvalue weighted by Gasteiger charge is 2.33. The predicted octanol–water partition coefficient (Wildman–Crippen LogP) is 4.67. The average molecular weight is 518 g/mol. The summed E-state index contributed by atoms with van der Waals surface area (Å²) in [6.45, 7) is 5.16. The molecule has 1 saturated carbocycles. The minimum Gasteiger partial charge on any atom is -0.443 e. The van der Waals surface area contributed by atoms with Gasteiger partial charge < -0.3 is 19.8 Å². The Kier molecular flexibility index (Phi) is 9.73. The summed E-state index contributed by atoms with van der Waals surface area (Å²) in [7, 11) is 1.78. The lowest BCUT2D eigenvalue weighted by Gasteiger charge is -2.29. The lowest BCUT2D eigenvalue weighted by molar-refractivity contribution is 0.138. The van der Waals surface area contributed by atoms with Gasteiger partial charge in [-0.3, -0.25) is 0 Å². The van der Waals surface area contributed by atoms with Gasteiger partial charge in [0.25, 0.3) is 0 Å². The zero-order valence-corrected chi connectivity index (χ0v) is 19.8. The highest BCUT2D eigenvalue weighted by atomic mass is 127. The Bertz CT molecular complexity index is 712. The van der Waals surface area contributed by atoms with E-state index in [-0.39, 0.29) is 24.0 Å². The summed E-state index contributed by atoms with van der Waals surface area (Å²) < 4.78 is 10.9. The number of halogens is 1. The first-order valence-corrected chi connectivity index (χ1v) is 10.6. The van der Waals surface area contributed by atoms with Gasteiger partial charge in [0.1, 0.15) is 12.0 Å². The molecule has 28 heavy (non-hydrogen) atoms. The number of aromatic nitrogens is 1. The molecule has 0 unspecified atom stereocenters. The second-order valence-electron chi connectivity index (χ2n) is 7.12. The predicted molar refractivity (Wildman–Crippen MR) is 125 cm³/mol. The summed E-state index contributed by atoms with van der Waals surface area (Å²) in [5.74, 6) is 1.50. The molecule has 156 valence electrons. The van der Waals surface area contributed by atoms with Crippen LogP contribution < -0.4 is 10.6 Å². The van der Waals surface area contributed by atoms with E-state index in [0.717, 1.165) is 42.6 Å². The number of rotatable bonds is 9. The van der Waals surface area contributed by atoms with E-state index in [2.05, 4.69) is 22.5 Å². The van der Waals surface area contributed by atoms with Crippen LogP contribution in [0.25, 0.3) is 10.8 Å². The maximum Gasteiger partial charge on any atom is 0.236 e. The molecule has 2 heterocycles. The molecular weight excluding hydrogens is 487 g/mol. The molecule has 2 N–H and O–H groups in total. The summed E-state index contributed by atoms with van der Waals surface area (Å²) in [5, 5.41) is 8.90. The van der Waals surface area contributed by atoms with E-state index in [0.29, 0.717) is 17.9 Å². The third-order valence-corrected chi connectivity index (χ3v) is 6.02. The van der Waals surface area contributed by atoms with E-state index in [1.165, 1.54) is 25.7 Å². The topological polar surface area (TPSA) is 71.7 Å². The van der Waals surface area contributed by atoms with Gasteiger partial charge in [-0.15, -0.1) is 35.3 Å². The number of hydrogen-bond acceptors (Lipinski definition) is 5. The van der Waals surface area contributed by atoms with Gasteiger partial charge in [-0.25, -0.2) is 9.98 Å². The van der Waals surface area contributed by atoms with E-state index in [4.69, 9.17) is 14.1 Å². The Balaban J connectivity index is 0.00000280. The molecule has 6 nitrogen and oxygen atoms in total. The van der Waals surface area contributed by atoms with E-state index >= 15 is 0 Å². The van der Waals surface area contributed by atoms with Gasteiger partial charge in [-0.05, 0) is 43.0 Å². The van der Waals surface area contributed by atoms with Crippen molar-refractivity contribution in [2.75, 3.05) is 26.8 Å². The molecule has 1 fully saturated rings. The van der Waals surface area contributed by atoms with Crippen molar-refractivity contribution in [1.82, 2.24) is 15.6 Å². The van der Waals surface area contributed by atoms with E-state index < -0.39 is 0 Å². The van der Waals surface area contributed by atoms with Crippen molar-refractivity contribution in [3.63, 3.8) is 0 Å². The molecule has 0 saturated heterocycles. The van der Waals surface area contributed by atoms with E-state index in [1.807, 2.05) is 17.5 Å². The highest BCUT2D eigenvalue weighted by Crippen LogP contribution is 2.40. The molecule has 2 aromatic rings. The first-order valence-electron chi connectivity index (χ1n) is 9.74. The first kappa shape index (κ1) is 23.2. The molecule has 0 atom stereocenters. The van der Waals surface area contributed by atoms with Crippen LogP contribution in [0.3, 0.4) is 0 Å². The van der Waals surface area contributed by atoms with Crippen LogP contribution in [0.2, 0.25) is 0 Å². The normalized spacial score (nSPS) is 16.0. The third-order valence-electron chi connectivity index (χ3n) is 5.16. The number of methoxy groups -OCH3 is 1. The van der Waals surface area contributed by atoms with Crippen LogP contribution in [0, 0.1) is 5.41 Å². The monoisotopic (exact) mass is 518 g/mol. The van der Waals surface area contributed by atoms with Crippen LogP contribution in [0.4, 0.5) is 0 Å². The molecule has 0 aromatic carbocycles. The number of ether oxygens (including phenoxy) is 1. The number of guanidine groups is 1. The third kappa shape index (κ3) is 6.45. The van der Waals surface area contributed by atoms with Crippen molar-refractivity contribution in [3.05, 3.63) is 29.5 Å². The number of nitrogens with zero attached hydrogens (tertiary/aromatic N) is 2. The number of nitrogens with one attached hydrogen (secondary N) is 2. The van der Waals surface area contributed by atoms with E-state index in [1.54, 1.807) is 24.7 Å². The lowest BCUT2D eigenvalue weighted by Crippen LogP contribution is -2.43. The largest absolute Gasteiger partial charge is 0.443 e. The standard InChI is InChI=1S/C20H30N4O2S.HI/c1-3-21-19(23-15-20(10-11-25-2)8-4-5-9-20)22-13-16-14-26-18(24-16)17-7-6-12-27-17;/h6-7,12,14H,3-5,8-11,13,15H2,1-2H3,(H2,21,22,23);1H. The molecule has 0 aliphatic heterocycles. The number of hydrogen-bond donors (Lipinski definition) is 2. The number of oxazole rings is 1. The summed E-state index contributed by atoms with van der Waals surface area (Å²) >= 11 is 1.62. The number of thiophene rings is 1. The minimum absolute atomic E-state index is 0. The Hall–Kier alpha value is -1.13. The molecule has 0 radical (unpaired) electrons. The zero-order valence-electron chi connectivity index (χ0n) is 16.7. The average Bonchev–Trinajstić information content (AvgIpc) is 3.44. The fourth-order valence-corrected chi connectivity index (χ4v) is 4.28. The second kappa shape index (κ2) is 11.8. The van der Waals surface area contributed by atoms with Crippen LogP contribution in [-0.4, -0.2) is 37.7 Å².